The third kappa shape index (κ3) is 1.98. The summed E-state index contributed by atoms with van der Waals surface area (Å²) in [5.41, 5.74) is 3.82. The highest BCUT2D eigenvalue weighted by Crippen LogP contribution is 2.20. The van der Waals surface area contributed by atoms with E-state index in [1.165, 1.54) is 11.3 Å². The van der Waals surface area contributed by atoms with Crippen LogP contribution in [0.2, 0.25) is 0 Å². The lowest BCUT2D eigenvalue weighted by Gasteiger charge is -2.20. The van der Waals surface area contributed by atoms with Crippen LogP contribution in [0.3, 0.4) is 0 Å². The number of aromatic nitrogens is 3. The monoisotopic (exact) mass is 286 g/mol. The van der Waals surface area contributed by atoms with E-state index in [2.05, 4.69) is 10.1 Å². The van der Waals surface area contributed by atoms with Gasteiger partial charge in [-0.05, 0) is 26.0 Å². The van der Waals surface area contributed by atoms with E-state index < -0.39 is 0 Å². The Morgan fingerprint density at radius 3 is 2.80 bits per heavy atom. The summed E-state index contributed by atoms with van der Waals surface area (Å²) in [6.07, 6.45) is 0. The van der Waals surface area contributed by atoms with Crippen LogP contribution in [-0.4, -0.2) is 27.0 Å². The number of hydrogen-bond donors (Lipinski definition) is 0. The standard InChI is InChI=1S/C14H14N4OS/c1-3-17(11-7-5-4-6-8-11)13(19)12-10(2)16-14-18(12)15-9-20-14/h4-9H,3H2,1-2H3. The maximum absolute atomic E-state index is 12.8. The van der Waals surface area contributed by atoms with Gasteiger partial charge in [-0.3, -0.25) is 4.79 Å². The van der Waals surface area contributed by atoms with Crippen LogP contribution in [0.5, 0.6) is 0 Å². The Morgan fingerprint density at radius 2 is 2.10 bits per heavy atom. The van der Waals surface area contributed by atoms with Crippen molar-refractivity contribution in [2.24, 2.45) is 0 Å². The Kier molecular flexibility index (Phi) is 3.23. The van der Waals surface area contributed by atoms with Crippen molar-refractivity contribution in [3.8, 4) is 0 Å². The maximum Gasteiger partial charge on any atom is 0.278 e. The van der Waals surface area contributed by atoms with Crippen molar-refractivity contribution < 1.29 is 4.79 Å². The Labute approximate surface area is 120 Å². The zero-order valence-electron chi connectivity index (χ0n) is 11.3. The zero-order valence-corrected chi connectivity index (χ0v) is 12.1. The van der Waals surface area contributed by atoms with E-state index in [-0.39, 0.29) is 5.91 Å². The lowest BCUT2D eigenvalue weighted by atomic mass is 10.2. The van der Waals surface area contributed by atoms with Gasteiger partial charge in [0.1, 0.15) is 5.51 Å². The van der Waals surface area contributed by atoms with Crippen LogP contribution in [0.25, 0.3) is 4.96 Å². The number of anilines is 1. The minimum Gasteiger partial charge on any atom is -0.307 e. The molecule has 0 aliphatic carbocycles. The largest absolute Gasteiger partial charge is 0.307 e. The van der Waals surface area contributed by atoms with Gasteiger partial charge in [0.05, 0.1) is 5.69 Å². The third-order valence-corrected chi connectivity index (χ3v) is 3.83. The first-order valence-corrected chi connectivity index (χ1v) is 7.26. The van der Waals surface area contributed by atoms with Gasteiger partial charge < -0.3 is 4.90 Å². The summed E-state index contributed by atoms with van der Waals surface area (Å²) in [5.74, 6) is -0.0744. The van der Waals surface area contributed by atoms with Crippen LogP contribution >= 0.6 is 11.3 Å². The molecule has 1 aromatic carbocycles. The minimum absolute atomic E-state index is 0.0744. The van der Waals surface area contributed by atoms with Gasteiger partial charge in [-0.15, -0.1) is 0 Å². The highest BCUT2D eigenvalue weighted by Gasteiger charge is 2.23. The van der Waals surface area contributed by atoms with Gasteiger partial charge in [0, 0.05) is 12.2 Å². The normalized spacial score (nSPS) is 10.9. The molecule has 102 valence electrons. The third-order valence-electron chi connectivity index (χ3n) is 3.15. The molecule has 3 rings (SSSR count). The fraction of sp³-hybridized carbons (Fsp3) is 0.214. The molecule has 0 unspecified atom stereocenters. The van der Waals surface area contributed by atoms with Gasteiger partial charge in [-0.25, -0.2) is 4.98 Å². The summed E-state index contributed by atoms with van der Waals surface area (Å²) < 4.78 is 1.62. The first-order valence-electron chi connectivity index (χ1n) is 6.38. The molecule has 0 aliphatic heterocycles. The van der Waals surface area contributed by atoms with Crippen molar-refractivity contribution in [3.05, 3.63) is 47.2 Å². The van der Waals surface area contributed by atoms with Gasteiger partial charge in [0.2, 0.25) is 4.96 Å². The number of para-hydroxylation sites is 1. The molecule has 1 amide bonds. The van der Waals surface area contributed by atoms with E-state index in [0.717, 1.165) is 10.6 Å². The summed E-state index contributed by atoms with van der Waals surface area (Å²) in [6, 6.07) is 9.64. The first-order chi connectivity index (χ1) is 9.72. The molecule has 0 N–H and O–H groups in total. The van der Waals surface area contributed by atoms with Crippen molar-refractivity contribution in [1.82, 2.24) is 14.6 Å². The number of carbonyl (C=O) groups is 1. The molecule has 0 aliphatic rings. The second kappa shape index (κ2) is 5.05. The molecule has 0 saturated carbocycles. The van der Waals surface area contributed by atoms with Gasteiger partial charge in [0.15, 0.2) is 5.69 Å². The molecule has 0 fully saturated rings. The first kappa shape index (κ1) is 12.8. The average Bonchev–Trinajstić information content (AvgIpc) is 3.00. The molecular weight excluding hydrogens is 272 g/mol. The van der Waals surface area contributed by atoms with Crippen molar-refractivity contribution in [3.63, 3.8) is 0 Å². The molecule has 5 nitrogen and oxygen atoms in total. The van der Waals surface area contributed by atoms with Gasteiger partial charge in [-0.1, -0.05) is 29.5 Å². The van der Waals surface area contributed by atoms with Crippen LogP contribution < -0.4 is 4.90 Å². The second-order valence-electron chi connectivity index (χ2n) is 4.36. The number of nitrogens with zero attached hydrogens (tertiary/aromatic N) is 4. The number of rotatable bonds is 3. The molecule has 2 aromatic heterocycles. The molecule has 6 heteroatoms. The maximum atomic E-state index is 12.8. The SMILES string of the molecule is CCN(C(=O)c1c(C)nc2scnn12)c1ccccc1. The molecule has 0 bridgehead atoms. The summed E-state index contributed by atoms with van der Waals surface area (Å²) >= 11 is 1.42. The van der Waals surface area contributed by atoms with E-state index in [0.29, 0.717) is 17.9 Å². The van der Waals surface area contributed by atoms with Crippen LogP contribution in [0.15, 0.2) is 35.8 Å². The summed E-state index contributed by atoms with van der Waals surface area (Å²) in [7, 11) is 0. The lowest BCUT2D eigenvalue weighted by molar-refractivity contribution is 0.0981. The van der Waals surface area contributed by atoms with Gasteiger partial charge >= 0.3 is 0 Å². The zero-order chi connectivity index (χ0) is 14.1. The van der Waals surface area contributed by atoms with Crippen molar-refractivity contribution >= 4 is 27.9 Å². The smallest absolute Gasteiger partial charge is 0.278 e. The number of hydrogen-bond acceptors (Lipinski definition) is 4. The predicted octanol–water partition coefficient (Wildman–Crippen LogP) is 2.77. The lowest BCUT2D eigenvalue weighted by Crippen LogP contribution is -2.32. The quantitative estimate of drug-likeness (QED) is 0.744. The van der Waals surface area contributed by atoms with E-state index in [9.17, 15) is 4.79 Å². The molecule has 3 aromatic rings. The topological polar surface area (TPSA) is 50.5 Å². The van der Waals surface area contributed by atoms with Crippen molar-refractivity contribution in [2.75, 3.05) is 11.4 Å². The average molecular weight is 286 g/mol. The van der Waals surface area contributed by atoms with Crippen LogP contribution in [0, 0.1) is 6.92 Å². The molecule has 0 saturated heterocycles. The molecule has 0 spiro atoms. The summed E-state index contributed by atoms with van der Waals surface area (Å²) in [4.78, 5) is 19.7. The van der Waals surface area contributed by atoms with Crippen LogP contribution in [0.1, 0.15) is 23.1 Å². The van der Waals surface area contributed by atoms with E-state index in [1.807, 2.05) is 44.2 Å². The number of imidazole rings is 1. The number of carbonyl (C=O) groups excluding carboxylic acids is 1. The van der Waals surface area contributed by atoms with Crippen molar-refractivity contribution in [1.29, 1.82) is 0 Å². The fourth-order valence-corrected chi connectivity index (χ4v) is 2.88. The summed E-state index contributed by atoms with van der Waals surface area (Å²) in [5, 5.41) is 4.20. The number of aryl methyl sites for hydroxylation is 1. The number of amides is 1. The Bertz CT molecular complexity index is 747. The van der Waals surface area contributed by atoms with E-state index in [1.54, 1.807) is 14.9 Å². The van der Waals surface area contributed by atoms with E-state index in [4.69, 9.17) is 0 Å². The molecular formula is C14H14N4OS. The predicted molar refractivity (Wildman–Crippen MR) is 79.4 cm³/mol. The Balaban J connectivity index is 2.07. The molecule has 0 radical (unpaired) electrons. The Hall–Kier alpha value is -2.21. The summed E-state index contributed by atoms with van der Waals surface area (Å²) in [6.45, 7) is 4.40. The van der Waals surface area contributed by atoms with E-state index >= 15 is 0 Å². The fourth-order valence-electron chi connectivity index (χ4n) is 2.22. The molecule has 0 atom stereocenters. The second-order valence-corrected chi connectivity index (χ2v) is 5.18. The van der Waals surface area contributed by atoms with Crippen molar-refractivity contribution in [2.45, 2.75) is 13.8 Å². The highest BCUT2D eigenvalue weighted by atomic mass is 32.1. The number of fused-ring (bicyclic) bond motifs is 1. The minimum atomic E-state index is -0.0744. The molecule has 2 heterocycles. The van der Waals surface area contributed by atoms with Gasteiger partial charge in [0.25, 0.3) is 5.91 Å². The molecule has 20 heavy (non-hydrogen) atoms. The van der Waals surface area contributed by atoms with Gasteiger partial charge in [-0.2, -0.15) is 9.61 Å². The Morgan fingerprint density at radius 1 is 1.35 bits per heavy atom. The van der Waals surface area contributed by atoms with Crippen LogP contribution in [0.4, 0.5) is 5.69 Å². The highest BCUT2D eigenvalue weighted by molar-refractivity contribution is 7.14. The van der Waals surface area contributed by atoms with Crippen LogP contribution in [-0.2, 0) is 0 Å². The number of benzene rings is 1.